The molecule has 2 heterocycles. The van der Waals surface area contributed by atoms with Gasteiger partial charge in [0.25, 0.3) is 0 Å². The normalized spacial score (nSPS) is 16.9. The Bertz CT molecular complexity index is 3900. The summed E-state index contributed by atoms with van der Waals surface area (Å²) >= 11 is 0. The number of fused-ring (bicyclic) bond motifs is 1. The van der Waals surface area contributed by atoms with Gasteiger partial charge in [0.2, 0.25) is 0 Å². The minimum atomic E-state index is -0.726. The summed E-state index contributed by atoms with van der Waals surface area (Å²) in [6.07, 6.45) is 4.46. The molecule has 1 saturated carbocycles. The molecule has 1 aliphatic rings. The molecule has 5 heteroatoms. The van der Waals surface area contributed by atoms with Crippen LogP contribution in [0, 0.1) is 6.07 Å². The van der Waals surface area contributed by atoms with Gasteiger partial charge in [-0.1, -0.05) is 208 Å². The third-order valence-electron chi connectivity index (χ3n) is 14.8. The third-order valence-corrected chi connectivity index (χ3v) is 14.8. The Morgan fingerprint density at radius 1 is 0.493 bits per heavy atom. The minimum absolute atomic E-state index is 0. The van der Waals surface area contributed by atoms with Crippen molar-refractivity contribution in [3.8, 4) is 89.7 Å². The van der Waals surface area contributed by atoms with E-state index in [2.05, 4.69) is 177 Å². The van der Waals surface area contributed by atoms with Gasteiger partial charge >= 0.3 is 0 Å². The molecule has 0 atom stereocenters. The van der Waals surface area contributed by atoms with Crippen LogP contribution in [0.15, 0.2) is 231 Å². The van der Waals surface area contributed by atoms with Gasteiger partial charge in [-0.25, -0.2) is 4.98 Å². The first-order chi connectivity index (χ1) is 36.9. The van der Waals surface area contributed by atoms with E-state index < -0.39 is 11.8 Å². The number of hydrogen-bond acceptors (Lipinski definition) is 3. The third kappa shape index (κ3) is 9.84. The van der Waals surface area contributed by atoms with Gasteiger partial charge in [-0.3, -0.25) is 9.55 Å². The van der Waals surface area contributed by atoms with Crippen LogP contribution in [0.4, 0.5) is 0 Å². The van der Waals surface area contributed by atoms with Gasteiger partial charge in [0.05, 0.1) is 22.3 Å². The van der Waals surface area contributed by atoms with E-state index in [0.717, 1.165) is 94.7 Å². The Hall–Kier alpha value is -7.91. The van der Waals surface area contributed by atoms with E-state index in [1.165, 1.54) is 5.56 Å². The number of para-hydroxylation sites is 2. The molecule has 0 bridgehead atoms. The van der Waals surface area contributed by atoms with E-state index >= 15 is 0 Å². The number of pyridine rings is 1. The Balaban J connectivity index is 0.00000631. The number of imidazole rings is 1. The Morgan fingerprint density at radius 3 is 1.75 bits per heavy atom. The summed E-state index contributed by atoms with van der Waals surface area (Å²) in [6, 6.07) is 80.8. The first-order valence-electron chi connectivity index (χ1n) is 26.8. The van der Waals surface area contributed by atoms with Crippen LogP contribution in [-0.4, -0.2) is 19.6 Å². The van der Waals surface area contributed by atoms with Gasteiger partial charge in [0, 0.05) is 46.8 Å². The van der Waals surface area contributed by atoms with Crippen LogP contribution in [0.2, 0.25) is 0 Å². The van der Waals surface area contributed by atoms with Gasteiger partial charge in [0.1, 0.15) is 11.6 Å². The molecule has 2 aromatic heterocycles. The number of phenolic OH excluding ortho intramolecular Hbond substituents is 1. The van der Waals surface area contributed by atoms with Crippen LogP contribution in [0.1, 0.15) is 77.7 Å². The zero-order valence-corrected chi connectivity index (χ0v) is 44.6. The second-order valence-corrected chi connectivity index (χ2v) is 20.5. The van der Waals surface area contributed by atoms with E-state index in [0.29, 0.717) is 37.1 Å². The molecule has 1 N–H and O–H groups in total. The van der Waals surface area contributed by atoms with Crippen LogP contribution in [-0.2, 0) is 26.5 Å². The molecular weight excluding hydrogens is 1090 g/mol. The maximum absolute atomic E-state index is 12.7. The summed E-state index contributed by atoms with van der Waals surface area (Å²) in [7, 11) is 0. The average Bonchev–Trinajstić information content (AvgIpc) is 3.86. The molecule has 9 aromatic carbocycles. The predicted molar refractivity (Wildman–Crippen MR) is 307 cm³/mol. The second-order valence-electron chi connectivity index (χ2n) is 20.5. The van der Waals surface area contributed by atoms with Crippen LogP contribution < -0.4 is 0 Å². The van der Waals surface area contributed by atoms with Crippen molar-refractivity contribution in [2.75, 3.05) is 0 Å². The largest absolute Gasteiger partial charge is 0.507 e. The van der Waals surface area contributed by atoms with E-state index in [4.69, 9.17) is 9.97 Å². The van der Waals surface area contributed by atoms with Crippen LogP contribution >= 0.6 is 0 Å². The van der Waals surface area contributed by atoms with Gasteiger partial charge in [0.15, 0.2) is 0 Å². The summed E-state index contributed by atoms with van der Waals surface area (Å²) in [5.74, 6) is -0.606. The maximum atomic E-state index is 12.7. The summed E-state index contributed by atoms with van der Waals surface area (Å²) in [5.41, 5.74) is 17.8. The molecule has 1 fully saturated rings. The van der Waals surface area contributed by atoms with Gasteiger partial charge in [-0.15, -0.1) is 29.8 Å². The maximum Gasteiger partial charge on any atom is 0.148 e. The van der Waals surface area contributed by atoms with Crippen molar-refractivity contribution >= 4 is 11.0 Å². The fourth-order valence-corrected chi connectivity index (χ4v) is 10.9. The minimum Gasteiger partial charge on any atom is -0.507 e. The van der Waals surface area contributed by atoms with E-state index in [1.54, 1.807) is 0 Å². The molecule has 0 saturated heterocycles. The molecule has 0 unspecified atom stereocenters. The van der Waals surface area contributed by atoms with Gasteiger partial charge in [-0.2, -0.15) is 0 Å². The molecule has 0 aliphatic heterocycles. The average molecular weight is 1150 g/mol. The Morgan fingerprint density at radius 2 is 1.05 bits per heavy atom. The number of nitrogens with zero attached hydrogens (tertiary/aromatic N) is 3. The molecule has 75 heavy (non-hydrogen) atoms. The summed E-state index contributed by atoms with van der Waals surface area (Å²) in [5, 5.41) is 12.7. The molecule has 0 amide bonds. The SMILES string of the molecule is [2H]C1(c2ccccc2)CCC([2H])(c2ccc(-c3ccnc(-c4[c-]c(-c5cccc6c5nc(-c5cccc(-c7ccccc7-c7ccccc7)c5O)n6-c5ccc(C(C)(C)C)cc5-c5ccccc5)ccc4)c3)cc2)CC1.[Pt]. The molecule has 0 spiro atoms. The van der Waals surface area contributed by atoms with Crippen molar-refractivity contribution < 1.29 is 28.9 Å². The Labute approximate surface area is 458 Å². The zero-order chi connectivity index (χ0) is 52.0. The second kappa shape index (κ2) is 21.1. The predicted octanol–water partition coefficient (Wildman–Crippen LogP) is 18.3. The van der Waals surface area contributed by atoms with Crippen LogP contribution in [0.25, 0.3) is 95.0 Å². The van der Waals surface area contributed by atoms with Crippen molar-refractivity contribution in [1.29, 1.82) is 0 Å². The fourth-order valence-electron chi connectivity index (χ4n) is 10.9. The van der Waals surface area contributed by atoms with Gasteiger partial charge < -0.3 is 5.11 Å². The molecule has 1 aliphatic carbocycles. The molecule has 0 radical (unpaired) electrons. The van der Waals surface area contributed by atoms with Crippen molar-refractivity contribution in [1.82, 2.24) is 14.5 Å². The molecule has 12 rings (SSSR count). The smallest absolute Gasteiger partial charge is 0.148 e. The van der Waals surface area contributed by atoms with Crippen LogP contribution in [0.5, 0.6) is 5.75 Å². The van der Waals surface area contributed by atoms with Crippen molar-refractivity contribution in [3.63, 3.8) is 0 Å². The molecule has 4 nitrogen and oxygen atoms in total. The number of rotatable bonds is 10. The van der Waals surface area contributed by atoms with Gasteiger partial charge in [-0.05, 0) is 123 Å². The fraction of sp³-hybridized carbons (Fsp3) is 0.143. The first kappa shape index (κ1) is 46.8. The number of hydrogen-bond donors (Lipinski definition) is 1. The number of aromatic nitrogens is 3. The van der Waals surface area contributed by atoms with E-state index in [9.17, 15) is 7.85 Å². The summed E-state index contributed by atoms with van der Waals surface area (Å²) in [4.78, 5) is 10.5. The summed E-state index contributed by atoms with van der Waals surface area (Å²) < 4.78 is 21.0. The number of aromatic hydroxyl groups is 1. The molecule has 370 valence electrons. The number of phenols is 1. The van der Waals surface area contributed by atoms with Crippen molar-refractivity contribution in [2.45, 2.75) is 63.7 Å². The molecular formula is C70H58N3OPt-. The van der Waals surface area contributed by atoms with Crippen LogP contribution in [0.3, 0.4) is 0 Å². The quantitative estimate of drug-likeness (QED) is 0.139. The number of benzene rings is 9. The Kier molecular flexibility index (Phi) is 13.2. The van der Waals surface area contributed by atoms with Crippen molar-refractivity contribution in [2.24, 2.45) is 0 Å². The topological polar surface area (TPSA) is 50.9 Å². The first-order valence-corrected chi connectivity index (χ1v) is 25.8. The van der Waals surface area contributed by atoms with Crippen molar-refractivity contribution in [3.05, 3.63) is 253 Å². The zero-order valence-electron chi connectivity index (χ0n) is 44.4. The summed E-state index contributed by atoms with van der Waals surface area (Å²) in [6.45, 7) is 6.73. The van der Waals surface area contributed by atoms with E-state index in [1.807, 2.05) is 85.1 Å². The molecule has 11 aromatic rings. The van der Waals surface area contributed by atoms with E-state index in [-0.39, 0.29) is 32.2 Å². The standard InChI is InChI=1S/C70H58N3O.Pt/c1-70(2,3)57-40-41-65(63(46-57)53-22-11-6-12-23-53)73-66-31-17-28-59(67(66)72-69(73)62-30-16-29-61(68(62)74)60-27-14-13-26-58(60)52-20-9-5-10-21-52)55-24-15-25-56(44-55)64-45-54(42-43-71-64)51-38-36-50(37-39-51)49-34-32-48(33-35-49)47-18-7-4-8-19-47;/h4-31,36-43,45-46,48-49,74H,32-35H2,1-3H3;/q-1;/i48D,49D;. The monoisotopic (exact) mass is 1150 g/mol.